The summed E-state index contributed by atoms with van der Waals surface area (Å²) in [5.74, 6) is 0.441. The summed E-state index contributed by atoms with van der Waals surface area (Å²) in [6.07, 6.45) is 0.589. The van der Waals surface area contributed by atoms with E-state index in [4.69, 9.17) is 4.74 Å². The molecule has 4 heteroatoms. The van der Waals surface area contributed by atoms with Crippen molar-refractivity contribution in [2.24, 2.45) is 5.92 Å². The lowest BCUT2D eigenvalue weighted by Crippen LogP contribution is -2.50. The number of rotatable bonds is 7. The van der Waals surface area contributed by atoms with Crippen molar-refractivity contribution in [1.82, 2.24) is 10.2 Å². The maximum absolute atomic E-state index is 9.42. The van der Waals surface area contributed by atoms with Crippen LogP contribution in [-0.4, -0.2) is 60.0 Å². The van der Waals surface area contributed by atoms with Crippen LogP contribution in [0.15, 0.2) is 0 Å². The highest BCUT2D eigenvalue weighted by Crippen LogP contribution is 2.42. The fraction of sp³-hybridized carbons (Fsp3) is 1.00. The molecule has 1 heterocycles. The Labute approximate surface area is 124 Å². The van der Waals surface area contributed by atoms with Gasteiger partial charge in [0.25, 0.3) is 0 Å². The summed E-state index contributed by atoms with van der Waals surface area (Å²) in [4.78, 5) is 2.31. The van der Waals surface area contributed by atoms with Gasteiger partial charge >= 0.3 is 0 Å². The van der Waals surface area contributed by atoms with E-state index in [1.807, 2.05) is 6.92 Å². The quantitative estimate of drug-likeness (QED) is 0.750. The molecule has 0 saturated carbocycles. The Bertz CT molecular complexity index is 303. The van der Waals surface area contributed by atoms with Gasteiger partial charge in [-0.05, 0) is 54.6 Å². The molecule has 0 amide bonds. The van der Waals surface area contributed by atoms with E-state index in [-0.39, 0.29) is 17.3 Å². The average Bonchev–Trinajstić information content (AvgIpc) is 2.45. The SMILES string of the molecule is CCNC1C(CN(C)CCC(C)O)C(C)(C)OC1(C)C. The molecule has 1 rings (SSSR count). The number of hydrogen-bond acceptors (Lipinski definition) is 4. The molecule has 0 radical (unpaired) electrons. The summed E-state index contributed by atoms with van der Waals surface area (Å²) in [6, 6.07) is 0.358. The van der Waals surface area contributed by atoms with Crippen LogP contribution in [0.4, 0.5) is 0 Å². The van der Waals surface area contributed by atoms with Crippen molar-refractivity contribution >= 4 is 0 Å². The van der Waals surface area contributed by atoms with E-state index in [1.165, 1.54) is 0 Å². The van der Waals surface area contributed by atoms with Gasteiger partial charge in [0.05, 0.1) is 17.3 Å². The largest absolute Gasteiger partial charge is 0.393 e. The van der Waals surface area contributed by atoms with Crippen LogP contribution < -0.4 is 5.32 Å². The molecule has 0 spiro atoms. The van der Waals surface area contributed by atoms with E-state index in [1.54, 1.807) is 0 Å². The van der Waals surface area contributed by atoms with Gasteiger partial charge < -0.3 is 20.1 Å². The van der Waals surface area contributed by atoms with Gasteiger partial charge in [0.1, 0.15) is 0 Å². The number of nitrogens with zero attached hydrogens (tertiary/aromatic N) is 1. The minimum Gasteiger partial charge on any atom is -0.393 e. The fourth-order valence-corrected chi connectivity index (χ4v) is 3.47. The van der Waals surface area contributed by atoms with Crippen LogP contribution >= 0.6 is 0 Å². The molecule has 1 fully saturated rings. The Hall–Kier alpha value is -0.160. The minimum absolute atomic E-state index is 0.130. The van der Waals surface area contributed by atoms with Crippen LogP contribution in [0, 0.1) is 5.92 Å². The predicted octanol–water partition coefficient (Wildman–Crippen LogP) is 1.87. The zero-order chi connectivity index (χ0) is 15.6. The number of hydrogen-bond donors (Lipinski definition) is 2. The van der Waals surface area contributed by atoms with Crippen molar-refractivity contribution in [2.45, 2.75) is 71.3 Å². The number of nitrogens with one attached hydrogen (secondary N) is 1. The molecule has 1 aliphatic rings. The summed E-state index contributed by atoms with van der Waals surface area (Å²) in [6.45, 7) is 15.6. The second-order valence-electron chi connectivity index (χ2n) is 7.35. The second kappa shape index (κ2) is 6.73. The molecule has 0 aromatic rings. The highest BCUT2D eigenvalue weighted by atomic mass is 16.5. The van der Waals surface area contributed by atoms with Crippen LogP contribution in [0.5, 0.6) is 0 Å². The monoisotopic (exact) mass is 286 g/mol. The van der Waals surface area contributed by atoms with E-state index in [2.05, 4.69) is 51.9 Å². The third-order valence-electron chi connectivity index (χ3n) is 4.43. The first-order chi connectivity index (χ1) is 9.10. The number of likely N-dealkylation sites (N-methyl/N-ethyl adjacent to an activating group) is 1. The van der Waals surface area contributed by atoms with E-state index < -0.39 is 0 Å². The smallest absolute Gasteiger partial charge is 0.0790 e. The molecule has 0 aliphatic carbocycles. The summed E-state index contributed by atoms with van der Waals surface area (Å²) >= 11 is 0. The highest BCUT2D eigenvalue weighted by Gasteiger charge is 2.53. The van der Waals surface area contributed by atoms with Crippen molar-refractivity contribution in [3.05, 3.63) is 0 Å². The maximum atomic E-state index is 9.42. The summed E-state index contributed by atoms with van der Waals surface area (Å²) < 4.78 is 6.30. The first kappa shape index (κ1) is 17.9. The lowest BCUT2D eigenvalue weighted by molar-refractivity contribution is -0.0792. The molecular weight excluding hydrogens is 252 g/mol. The normalized spacial score (nSPS) is 29.9. The van der Waals surface area contributed by atoms with Gasteiger partial charge in [-0.3, -0.25) is 0 Å². The molecule has 1 aliphatic heterocycles. The summed E-state index contributed by atoms with van der Waals surface area (Å²) in [5.41, 5.74) is -0.273. The molecule has 4 nitrogen and oxygen atoms in total. The molecule has 3 atom stereocenters. The standard InChI is InChI=1S/C16H34N2O2/c1-8-17-14-13(11-18(7)10-9-12(2)19)15(3,4)20-16(14,5)6/h12-14,17,19H,8-11H2,1-7H3. The maximum Gasteiger partial charge on any atom is 0.0790 e. The fourth-order valence-electron chi connectivity index (χ4n) is 3.47. The van der Waals surface area contributed by atoms with Crippen LogP contribution in [0.2, 0.25) is 0 Å². The van der Waals surface area contributed by atoms with Gasteiger partial charge in [0.15, 0.2) is 0 Å². The Balaban J connectivity index is 2.72. The lowest BCUT2D eigenvalue weighted by atomic mass is 9.82. The van der Waals surface area contributed by atoms with Gasteiger partial charge in [0.2, 0.25) is 0 Å². The van der Waals surface area contributed by atoms with Gasteiger partial charge in [-0.15, -0.1) is 0 Å². The lowest BCUT2D eigenvalue weighted by Gasteiger charge is -2.33. The van der Waals surface area contributed by atoms with Crippen LogP contribution in [0.25, 0.3) is 0 Å². The van der Waals surface area contributed by atoms with Crippen molar-refractivity contribution in [1.29, 1.82) is 0 Å². The Morgan fingerprint density at radius 1 is 1.25 bits per heavy atom. The molecule has 0 aromatic carbocycles. The zero-order valence-corrected chi connectivity index (χ0v) is 14.4. The van der Waals surface area contributed by atoms with Crippen LogP contribution in [-0.2, 0) is 4.74 Å². The molecule has 0 bridgehead atoms. The van der Waals surface area contributed by atoms with Crippen molar-refractivity contribution < 1.29 is 9.84 Å². The first-order valence-corrected chi connectivity index (χ1v) is 7.90. The summed E-state index contributed by atoms with van der Waals surface area (Å²) in [5, 5.41) is 13.0. The first-order valence-electron chi connectivity index (χ1n) is 7.90. The van der Waals surface area contributed by atoms with Crippen molar-refractivity contribution in [3.8, 4) is 0 Å². The minimum atomic E-state index is -0.230. The zero-order valence-electron chi connectivity index (χ0n) is 14.4. The Morgan fingerprint density at radius 3 is 2.35 bits per heavy atom. The molecule has 0 aromatic heterocycles. The number of aliphatic hydroxyl groups is 1. The van der Waals surface area contributed by atoms with Crippen molar-refractivity contribution in [3.63, 3.8) is 0 Å². The molecule has 20 heavy (non-hydrogen) atoms. The van der Waals surface area contributed by atoms with E-state index in [0.29, 0.717) is 12.0 Å². The van der Waals surface area contributed by atoms with E-state index >= 15 is 0 Å². The molecule has 2 N–H and O–H groups in total. The molecule has 3 unspecified atom stereocenters. The predicted molar refractivity (Wildman–Crippen MR) is 84.0 cm³/mol. The van der Waals surface area contributed by atoms with Gasteiger partial charge in [-0.25, -0.2) is 0 Å². The molecule has 120 valence electrons. The van der Waals surface area contributed by atoms with Crippen LogP contribution in [0.1, 0.15) is 48.0 Å². The molecular formula is C16H34N2O2. The second-order valence-corrected chi connectivity index (χ2v) is 7.35. The van der Waals surface area contributed by atoms with Crippen molar-refractivity contribution in [2.75, 3.05) is 26.7 Å². The highest BCUT2D eigenvalue weighted by molar-refractivity contribution is 5.05. The molecule has 1 saturated heterocycles. The number of ether oxygens (including phenoxy) is 1. The third kappa shape index (κ3) is 4.42. The third-order valence-corrected chi connectivity index (χ3v) is 4.43. The van der Waals surface area contributed by atoms with Gasteiger partial charge in [-0.2, -0.15) is 0 Å². The van der Waals surface area contributed by atoms with Crippen LogP contribution in [0.3, 0.4) is 0 Å². The van der Waals surface area contributed by atoms with E-state index in [0.717, 1.165) is 26.1 Å². The average molecular weight is 286 g/mol. The van der Waals surface area contributed by atoms with Gasteiger partial charge in [-0.1, -0.05) is 6.92 Å². The Morgan fingerprint density at radius 2 is 1.85 bits per heavy atom. The Kier molecular flexibility index (Phi) is 6.02. The van der Waals surface area contributed by atoms with Gasteiger partial charge in [0, 0.05) is 25.0 Å². The number of aliphatic hydroxyl groups excluding tert-OH is 1. The summed E-state index contributed by atoms with van der Waals surface area (Å²) in [7, 11) is 2.13. The van der Waals surface area contributed by atoms with E-state index in [9.17, 15) is 5.11 Å². The topological polar surface area (TPSA) is 44.7 Å².